The number of anilines is 1. The van der Waals surface area contributed by atoms with Gasteiger partial charge in [0.05, 0.1) is 30.5 Å². The first-order chi connectivity index (χ1) is 8.97. The van der Waals surface area contributed by atoms with Crippen molar-refractivity contribution < 1.29 is 14.6 Å². The summed E-state index contributed by atoms with van der Waals surface area (Å²) in [6, 6.07) is 7.23. The molecule has 0 aliphatic carbocycles. The van der Waals surface area contributed by atoms with Gasteiger partial charge in [-0.1, -0.05) is 6.07 Å². The highest BCUT2D eigenvalue weighted by Gasteiger charge is 2.46. The van der Waals surface area contributed by atoms with Crippen molar-refractivity contribution in [3.05, 3.63) is 29.3 Å². The molecule has 0 saturated carbocycles. The molecule has 5 heteroatoms. The molecule has 1 fully saturated rings. The Morgan fingerprint density at radius 3 is 3.00 bits per heavy atom. The molecule has 1 aliphatic rings. The van der Waals surface area contributed by atoms with E-state index in [4.69, 9.17) is 10.00 Å². The van der Waals surface area contributed by atoms with Crippen molar-refractivity contribution in [2.75, 3.05) is 18.5 Å². The molecule has 2 N–H and O–H groups in total. The van der Waals surface area contributed by atoms with E-state index in [-0.39, 0.29) is 12.6 Å². The second-order valence-corrected chi connectivity index (χ2v) is 5.10. The van der Waals surface area contributed by atoms with Crippen LogP contribution in [0, 0.1) is 23.7 Å². The molecule has 19 heavy (non-hydrogen) atoms. The van der Waals surface area contributed by atoms with Crippen LogP contribution in [-0.4, -0.2) is 30.3 Å². The number of nitrogens with one attached hydrogen (secondary N) is 1. The number of aliphatic carboxylic acids is 1. The second-order valence-electron chi connectivity index (χ2n) is 5.10. The predicted octanol–water partition coefficient (Wildman–Crippen LogP) is 1.77. The third-order valence-corrected chi connectivity index (χ3v) is 3.57. The van der Waals surface area contributed by atoms with Crippen molar-refractivity contribution in [1.82, 2.24) is 0 Å². The lowest BCUT2D eigenvalue weighted by Crippen LogP contribution is -2.43. The number of benzene rings is 1. The zero-order valence-electron chi connectivity index (χ0n) is 10.9. The van der Waals surface area contributed by atoms with Crippen LogP contribution in [-0.2, 0) is 9.53 Å². The van der Waals surface area contributed by atoms with Gasteiger partial charge in [0.1, 0.15) is 11.5 Å². The smallest absolute Gasteiger partial charge is 0.313 e. The minimum absolute atomic E-state index is 0.174. The van der Waals surface area contributed by atoms with Gasteiger partial charge in [0.2, 0.25) is 0 Å². The summed E-state index contributed by atoms with van der Waals surface area (Å²) in [6.45, 7) is 4.06. The van der Waals surface area contributed by atoms with Crippen LogP contribution in [0.5, 0.6) is 0 Å². The Morgan fingerprint density at radius 1 is 1.63 bits per heavy atom. The van der Waals surface area contributed by atoms with Crippen LogP contribution in [0.3, 0.4) is 0 Å². The van der Waals surface area contributed by atoms with Crippen molar-refractivity contribution >= 4 is 11.7 Å². The van der Waals surface area contributed by atoms with E-state index in [0.29, 0.717) is 17.9 Å². The summed E-state index contributed by atoms with van der Waals surface area (Å²) in [6.07, 6.45) is 0. The molecule has 0 aromatic heterocycles. The minimum atomic E-state index is -0.975. The quantitative estimate of drug-likeness (QED) is 0.865. The Balaban J connectivity index is 2.27. The van der Waals surface area contributed by atoms with Gasteiger partial charge in [0.25, 0.3) is 0 Å². The van der Waals surface area contributed by atoms with Crippen LogP contribution in [0.25, 0.3) is 0 Å². The molecule has 1 aliphatic heterocycles. The number of nitrogens with zero attached hydrogens (tertiary/aromatic N) is 1. The number of carboxylic acid groups (broad SMARTS) is 1. The van der Waals surface area contributed by atoms with E-state index in [9.17, 15) is 9.90 Å². The minimum Gasteiger partial charge on any atom is -0.481 e. The fourth-order valence-corrected chi connectivity index (χ4v) is 2.15. The summed E-state index contributed by atoms with van der Waals surface area (Å²) in [4.78, 5) is 11.3. The Morgan fingerprint density at radius 2 is 2.37 bits per heavy atom. The molecule has 0 bridgehead atoms. The van der Waals surface area contributed by atoms with Crippen molar-refractivity contribution in [1.29, 1.82) is 5.26 Å². The van der Waals surface area contributed by atoms with Crippen LogP contribution in [0.1, 0.15) is 18.1 Å². The number of ether oxygens (including phenoxy) is 1. The van der Waals surface area contributed by atoms with Crippen LogP contribution >= 0.6 is 0 Å². The van der Waals surface area contributed by atoms with E-state index in [2.05, 4.69) is 11.4 Å². The molecular formula is C14H16N2O3. The molecule has 2 rings (SSSR count). The number of aryl methyl sites for hydroxylation is 1. The molecule has 2 unspecified atom stereocenters. The van der Waals surface area contributed by atoms with E-state index in [1.807, 2.05) is 13.0 Å². The maximum absolute atomic E-state index is 11.3. The summed E-state index contributed by atoms with van der Waals surface area (Å²) in [7, 11) is 0. The molecule has 0 amide bonds. The highest BCUT2D eigenvalue weighted by atomic mass is 16.5. The molecule has 5 nitrogen and oxygen atoms in total. The van der Waals surface area contributed by atoms with Gasteiger partial charge in [-0.2, -0.15) is 5.26 Å². The van der Waals surface area contributed by atoms with E-state index in [1.165, 1.54) is 0 Å². The van der Waals surface area contributed by atoms with Gasteiger partial charge in [-0.3, -0.25) is 4.79 Å². The molecule has 100 valence electrons. The van der Waals surface area contributed by atoms with Gasteiger partial charge in [-0.25, -0.2) is 0 Å². The van der Waals surface area contributed by atoms with Crippen molar-refractivity contribution in [2.24, 2.45) is 5.41 Å². The van der Waals surface area contributed by atoms with Gasteiger partial charge < -0.3 is 15.2 Å². The Labute approximate surface area is 111 Å². The second kappa shape index (κ2) is 4.90. The lowest BCUT2D eigenvalue weighted by molar-refractivity contribution is -0.148. The van der Waals surface area contributed by atoms with Crippen LogP contribution in [0.4, 0.5) is 5.69 Å². The number of carbonyl (C=O) groups is 1. The van der Waals surface area contributed by atoms with Gasteiger partial charge in [0.15, 0.2) is 0 Å². The van der Waals surface area contributed by atoms with Gasteiger partial charge in [-0.15, -0.1) is 0 Å². The van der Waals surface area contributed by atoms with E-state index < -0.39 is 11.4 Å². The number of nitriles is 1. The predicted molar refractivity (Wildman–Crippen MR) is 69.9 cm³/mol. The molecule has 1 aromatic rings. The summed E-state index contributed by atoms with van der Waals surface area (Å²) < 4.78 is 5.28. The van der Waals surface area contributed by atoms with Gasteiger partial charge in [0, 0.05) is 0 Å². The number of carboxylic acids is 1. The molecule has 0 radical (unpaired) electrons. The fraction of sp³-hybridized carbons (Fsp3) is 0.429. The van der Waals surface area contributed by atoms with Crippen LogP contribution < -0.4 is 5.32 Å². The van der Waals surface area contributed by atoms with Crippen molar-refractivity contribution in [2.45, 2.75) is 19.9 Å². The Hall–Kier alpha value is -2.06. The lowest BCUT2D eigenvalue weighted by Gasteiger charge is -2.26. The maximum Gasteiger partial charge on any atom is 0.313 e. The summed E-state index contributed by atoms with van der Waals surface area (Å²) in [5, 5.41) is 21.6. The maximum atomic E-state index is 11.3. The summed E-state index contributed by atoms with van der Waals surface area (Å²) in [5.74, 6) is -0.895. The molecule has 1 heterocycles. The number of hydrogen-bond donors (Lipinski definition) is 2. The number of rotatable bonds is 3. The zero-order valence-corrected chi connectivity index (χ0v) is 10.9. The average molecular weight is 260 g/mol. The van der Waals surface area contributed by atoms with Crippen molar-refractivity contribution in [3.8, 4) is 6.07 Å². The number of hydrogen-bond acceptors (Lipinski definition) is 4. The summed E-state index contributed by atoms with van der Waals surface area (Å²) >= 11 is 0. The molecule has 2 atom stereocenters. The van der Waals surface area contributed by atoms with E-state index in [0.717, 1.165) is 5.56 Å². The Kier molecular flexibility index (Phi) is 3.45. The highest BCUT2D eigenvalue weighted by Crippen LogP contribution is 2.32. The normalized spacial score (nSPS) is 25.8. The van der Waals surface area contributed by atoms with Gasteiger partial charge >= 0.3 is 5.97 Å². The monoisotopic (exact) mass is 260 g/mol. The van der Waals surface area contributed by atoms with Crippen LogP contribution in [0.15, 0.2) is 18.2 Å². The lowest BCUT2D eigenvalue weighted by atomic mass is 9.85. The first-order valence-corrected chi connectivity index (χ1v) is 6.06. The SMILES string of the molecule is Cc1ccc(NC2COCC2(C)C(=O)O)c(C#N)c1. The standard InChI is InChI=1S/C14H16N2O3/c1-9-3-4-11(10(5-9)6-15)16-12-7-19-8-14(12,2)13(17)18/h3-5,12,16H,7-8H2,1-2H3,(H,17,18). The van der Waals surface area contributed by atoms with Gasteiger partial charge in [-0.05, 0) is 31.5 Å². The third kappa shape index (κ3) is 2.40. The topological polar surface area (TPSA) is 82.3 Å². The van der Waals surface area contributed by atoms with Crippen LogP contribution in [0.2, 0.25) is 0 Å². The largest absolute Gasteiger partial charge is 0.481 e. The molecule has 1 aromatic carbocycles. The first-order valence-electron chi connectivity index (χ1n) is 6.06. The van der Waals surface area contributed by atoms with Crippen molar-refractivity contribution in [3.63, 3.8) is 0 Å². The Bertz CT molecular complexity index is 550. The van der Waals surface area contributed by atoms with E-state index >= 15 is 0 Å². The molecule has 1 saturated heterocycles. The fourth-order valence-electron chi connectivity index (χ4n) is 2.15. The summed E-state index contributed by atoms with van der Waals surface area (Å²) in [5.41, 5.74) is 1.18. The molecule has 0 spiro atoms. The third-order valence-electron chi connectivity index (χ3n) is 3.57. The highest BCUT2D eigenvalue weighted by molar-refractivity contribution is 5.77. The first kappa shape index (κ1) is 13.4. The molecular weight excluding hydrogens is 244 g/mol. The van der Waals surface area contributed by atoms with E-state index in [1.54, 1.807) is 19.1 Å². The zero-order chi connectivity index (χ0) is 14.0. The average Bonchev–Trinajstić information content (AvgIpc) is 2.74.